The summed E-state index contributed by atoms with van der Waals surface area (Å²) in [5, 5.41) is 6.25. The summed E-state index contributed by atoms with van der Waals surface area (Å²) >= 11 is 0. The van der Waals surface area contributed by atoms with Gasteiger partial charge in [-0.2, -0.15) is 0 Å². The predicted molar refractivity (Wildman–Crippen MR) is 77.4 cm³/mol. The minimum atomic E-state index is -0.138. The molecule has 2 N–H and O–H groups in total. The molecule has 104 valence electrons. The van der Waals surface area contributed by atoms with Gasteiger partial charge in [-0.25, -0.2) is 4.98 Å². The Hall–Kier alpha value is -2.30. The second-order valence-corrected chi connectivity index (χ2v) is 5.00. The minimum absolute atomic E-state index is 0.0758. The zero-order valence-electron chi connectivity index (χ0n) is 11.2. The van der Waals surface area contributed by atoms with Gasteiger partial charge in [0.25, 0.3) is 0 Å². The highest BCUT2D eigenvalue weighted by atomic mass is 16.2. The summed E-state index contributed by atoms with van der Waals surface area (Å²) in [6, 6.07) is 7.93. The van der Waals surface area contributed by atoms with E-state index in [9.17, 15) is 4.79 Å². The molecule has 1 atom stereocenters. The Bertz CT molecular complexity index is 554. The Kier molecular flexibility index (Phi) is 3.67. The second-order valence-electron chi connectivity index (χ2n) is 5.00. The Morgan fingerprint density at radius 2 is 2.35 bits per heavy atom. The number of aryl methyl sites for hydroxylation is 1. The van der Waals surface area contributed by atoms with Crippen LogP contribution in [0, 0.1) is 0 Å². The number of imidazole rings is 1. The molecule has 0 aliphatic carbocycles. The van der Waals surface area contributed by atoms with Crippen LogP contribution in [0.15, 0.2) is 43.0 Å². The molecule has 2 heterocycles. The van der Waals surface area contributed by atoms with E-state index in [0.29, 0.717) is 6.54 Å². The van der Waals surface area contributed by atoms with Crippen LogP contribution in [0.25, 0.3) is 0 Å². The molecule has 0 saturated heterocycles. The maximum absolute atomic E-state index is 12.1. The number of nitrogens with zero attached hydrogens (tertiary/aromatic N) is 2. The van der Waals surface area contributed by atoms with E-state index in [1.54, 1.807) is 12.5 Å². The number of aromatic nitrogens is 2. The SMILES string of the molecule is O=C(NCCCn1ccnc1)C1Cc2ccccc2N1. The smallest absolute Gasteiger partial charge is 0.242 e. The van der Waals surface area contributed by atoms with Gasteiger partial charge in [0, 0.05) is 37.6 Å². The van der Waals surface area contributed by atoms with E-state index in [1.165, 1.54) is 5.56 Å². The van der Waals surface area contributed by atoms with Crippen molar-refractivity contribution in [3.63, 3.8) is 0 Å². The van der Waals surface area contributed by atoms with Gasteiger partial charge in [-0.1, -0.05) is 18.2 Å². The third kappa shape index (κ3) is 2.82. The largest absolute Gasteiger partial charge is 0.373 e. The zero-order chi connectivity index (χ0) is 13.8. The fourth-order valence-electron chi connectivity index (χ4n) is 2.47. The maximum Gasteiger partial charge on any atom is 0.242 e. The molecule has 0 radical (unpaired) electrons. The molecule has 20 heavy (non-hydrogen) atoms. The summed E-state index contributed by atoms with van der Waals surface area (Å²) in [6.45, 7) is 1.56. The number of anilines is 1. The number of carbonyl (C=O) groups is 1. The Labute approximate surface area is 118 Å². The zero-order valence-corrected chi connectivity index (χ0v) is 11.2. The first-order chi connectivity index (χ1) is 9.83. The van der Waals surface area contributed by atoms with E-state index in [0.717, 1.165) is 25.1 Å². The Morgan fingerprint density at radius 1 is 1.45 bits per heavy atom. The number of fused-ring (bicyclic) bond motifs is 1. The molecule has 1 aromatic heterocycles. The molecule has 5 nitrogen and oxygen atoms in total. The van der Waals surface area contributed by atoms with Crippen molar-refractivity contribution >= 4 is 11.6 Å². The standard InChI is InChI=1S/C15H18N4O/c20-15(17-6-3-8-19-9-7-16-11-19)14-10-12-4-1-2-5-13(12)18-14/h1-2,4-5,7,9,11,14,18H,3,6,8,10H2,(H,17,20). The lowest BCUT2D eigenvalue weighted by Crippen LogP contribution is -2.39. The van der Waals surface area contributed by atoms with Gasteiger partial charge in [0.05, 0.1) is 6.33 Å². The first-order valence-electron chi connectivity index (χ1n) is 6.91. The lowest BCUT2D eigenvalue weighted by atomic mass is 10.1. The highest BCUT2D eigenvalue weighted by molar-refractivity contribution is 5.87. The molecule has 0 fully saturated rings. The third-order valence-electron chi connectivity index (χ3n) is 3.54. The fraction of sp³-hybridized carbons (Fsp3) is 0.333. The molecule has 1 aromatic carbocycles. The van der Waals surface area contributed by atoms with Crippen LogP contribution in [0.2, 0.25) is 0 Å². The number of benzene rings is 1. The van der Waals surface area contributed by atoms with E-state index >= 15 is 0 Å². The van der Waals surface area contributed by atoms with E-state index in [-0.39, 0.29) is 11.9 Å². The van der Waals surface area contributed by atoms with Crippen molar-refractivity contribution < 1.29 is 4.79 Å². The number of hydrogen-bond acceptors (Lipinski definition) is 3. The fourth-order valence-corrected chi connectivity index (χ4v) is 2.47. The van der Waals surface area contributed by atoms with Crippen molar-refractivity contribution in [3.05, 3.63) is 48.5 Å². The van der Waals surface area contributed by atoms with E-state index < -0.39 is 0 Å². The molecule has 0 spiro atoms. The van der Waals surface area contributed by atoms with Gasteiger partial charge >= 0.3 is 0 Å². The van der Waals surface area contributed by atoms with Gasteiger partial charge in [-0.05, 0) is 18.1 Å². The number of amides is 1. The van der Waals surface area contributed by atoms with E-state index in [4.69, 9.17) is 0 Å². The molecule has 3 rings (SSSR count). The number of para-hydroxylation sites is 1. The summed E-state index contributed by atoms with van der Waals surface area (Å²) < 4.78 is 2.01. The summed E-state index contributed by atoms with van der Waals surface area (Å²) in [5.41, 5.74) is 2.29. The van der Waals surface area contributed by atoms with Crippen LogP contribution in [0.1, 0.15) is 12.0 Å². The van der Waals surface area contributed by atoms with Crippen LogP contribution >= 0.6 is 0 Å². The highest BCUT2D eigenvalue weighted by Gasteiger charge is 2.25. The lowest BCUT2D eigenvalue weighted by molar-refractivity contribution is -0.121. The van der Waals surface area contributed by atoms with Gasteiger partial charge in [0.2, 0.25) is 5.91 Å². The summed E-state index contributed by atoms with van der Waals surface area (Å²) in [7, 11) is 0. The van der Waals surface area contributed by atoms with Gasteiger partial charge in [0.15, 0.2) is 0 Å². The molecular formula is C15H18N4O. The average molecular weight is 270 g/mol. The molecule has 0 bridgehead atoms. The van der Waals surface area contributed by atoms with Gasteiger partial charge in [-0.3, -0.25) is 4.79 Å². The van der Waals surface area contributed by atoms with Crippen LogP contribution in [-0.2, 0) is 17.8 Å². The number of carbonyl (C=O) groups excluding carboxylic acids is 1. The maximum atomic E-state index is 12.1. The van der Waals surface area contributed by atoms with Crippen LogP contribution < -0.4 is 10.6 Å². The lowest BCUT2D eigenvalue weighted by Gasteiger charge is -2.12. The molecule has 1 aliphatic heterocycles. The minimum Gasteiger partial charge on any atom is -0.373 e. The Morgan fingerprint density at radius 3 is 3.15 bits per heavy atom. The summed E-state index contributed by atoms with van der Waals surface area (Å²) in [6.07, 6.45) is 7.15. The monoisotopic (exact) mass is 270 g/mol. The Balaban J connectivity index is 1.42. The molecule has 1 unspecified atom stereocenters. The number of rotatable bonds is 5. The van der Waals surface area contributed by atoms with E-state index in [1.807, 2.05) is 29.0 Å². The van der Waals surface area contributed by atoms with Crippen molar-refractivity contribution in [2.75, 3.05) is 11.9 Å². The van der Waals surface area contributed by atoms with Crippen molar-refractivity contribution in [2.45, 2.75) is 25.4 Å². The number of nitrogens with one attached hydrogen (secondary N) is 2. The van der Waals surface area contributed by atoms with Gasteiger partial charge in [-0.15, -0.1) is 0 Å². The second kappa shape index (κ2) is 5.77. The van der Waals surface area contributed by atoms with Crippen LogP contribution in [0.4, 0.5) is 5.69 Å². The molecule has 1 aliphatic rings. The molecule has 2 aromatic rings. The third-order valence-corrected chi connectivity index (χ3v) is 3.54. The quantitative estimate of drug-likeness (QED) is 0.808. The van der Waals surface area contributed by atoms with Gasteiger partial charge < -0.3 is 15.2 Å². The molecule has 5 heteroatoms. The van der Waals surface area contributed by atoms with Crippen LogP contribution in [0.3, 0.4) is 0 Å². The normalized spacial score (nSPS) is 16.5. The first kappa shape index (κ1) is 12.7. The molecule has 1 amide bonds. The van der Waals surface area contributed by atoms with Crippen LogP contribution in [0.5, 0.6) is 0 Å². The van der Waals surface area contributed by atoms with Crippen molar-refractivity contribution in [2.24, 2.45) is 0 Å². The predicted octanol–water partition coefficient (Wildman–Crippen LogP) is 1.43. The van der Waals surface area contributed by atoms with Gasteiger partial charge in [0.1, 0.15) is 6.04 Å². The summed E-state index contributed by atoms with van der Waals surface area (Å²) in [5.74, 6) is 0.0758. The molecule has 0 saturated carbocycles. The number of hydrogen-bond donors (Lipinski definition) is 2. The van der Waals surface area contributed by atoms with Crippen molar-refractivity contribution in [3.8, 4) is 0 Å². The van der Waals surface area contributed by atoms with Crippen molar-refractivity contribution in [1.29, 1.82) is 0 Å². The van der Waals surface area contributed by atoms with Crippen LogP contribution in [-0.4, -0.2) is 28.0 Å². The van der Waals surface area contributed by atoms with E-state index in [2.05, 4.69) is 21.7 Å². The average Bonchev–Trinajstić information content (AvgIpc) is 3.12. The summed E-state index contributed by atoms with van der Waals surface area (Å²) in [4.78, 5) is 16.1. The molecular weight excluding hydrogens is 252 g/mol. The first-order valence-corrected chi connectivity index (χ1v) is 6.91. The highest BCUT2D eigenvalue weighted by Crippen LogP contribution is 2.24. The topological polar surface area (TPSA) is 59.0 Å². The van der Waals surface area contributed by atoms with Crippen molar-refractivity contribution in [1.82, 2.24) is 14.9 Å².